The minimum Gasteiger partial charge on any atom is -0.298 e. The fraction of sp³-hybridized carbons (Fsp3) is 0.273. The molecule has 1 unspecified atom stereocenters. The first kappa shape index (κ1) is 12.1. The topological polar surface area (TPSA) is 40.9 Å². The van der Waals surface area contributed by atoms with Gasteiger partial charge >= 0.3 is 0 Å². The maximum Gasteiger partial charge on any atom is 0.152 e. The van der Waals surface area contributed by atoms with Crippen molar-refractivity contribution < 1.29 is 4.79 Å². The Morgan fingerprint density at radius 1 is 1.67 bits per heavy atom. The smallest absolute Gasteiger partial charge is 0.152 e. The van der Waals surface area contributed by atoms with E-state index in [-0.39, 0.29) is 12.2 Å². The van der Waals surface area contributed by atoms with Crippen LogP contribution in [0.2, 0.25) is 0 Å². The third-order valence-electron chi connectivity index (χ3n) is 2.05. The minimum absolute atomic E-state index is 0.141. The number of nitrogens with zero attached hydrogens (tertiary/aromatic N) is 1. The van der Waals surface area contributed by atoms with Crippen LogP contribution in [-0.4, -0.2) is 5.78 Å². The van der Waals surface area contributed by atoms with E-state index >= 15 is 0 Å². The van der Waals surface area contributed by atoms with Crippen molar-refractivity contribution in [2.45, 2.75) is 23.6 Å². The highest BCUT2D eigenvalue weighted by atomic mass is 35.5. The van der Waals surface area contributed by atoms with E-state index in [4.69, 9.17) is 16.9 Å². The quantitative estimate of drug-likeness (QED) is 0.651. The lowest BCUT2D eigenvalue weighted by Crippen LogP contribution is -2.06. The lowest BCUT2D eigenvalue weighted by Gasteiger charge is -2.13. The van der Waals surface area contributed by atoms with Gasteiger partial charge in [-0.05, 0) is 24.1 Å². The zero-order chi connectivity index (χ0) is 11.4. The lowest BCUT2D eigenvalue weighted by molar-refractivity contribution is -0.116. The zero-order valence-electron chi connectivity index (χ0n) is 8.20. The van der Waals surface area contributed by atoms with E-state index in [2.05, 4.69) is 12.6 Å². The molecule has 1 aromatic carbocycles. The van der Waals surface area contributed by atoms with Crippen LogP contribution in [0, 0.1) is 11.3 Å². The normalized spacial score (nSPS) is 11.9. The Labute approximate surface area is 99.3 Å². The molecule has 0 aromatic heterocycles. The third kappa shape index (κ3) is 2.74. The SMILES string of the molecule is CC(=O)C(Cl)c1c(S)cccc1CC#N. The van der Waals surface area contributed by atoms with Crippen LogP contribution in [0.5, 0.6) is 0 Å². The summed E-state index contributed by atoms with van der Waals surface area (Å²) < 4.78 is 0. The average Bonchev–Trinajstić information content (AvgIpc) is 2.17. The van der Waals surface area contributed by atoms with Gasteiger partial charge in [-0.15, -0.1) is 24.2 Å². The number of carbonyl (C=O) groups is 1. The summed E-state index contributed by atoms with van der Waals surface area (Å²) in [5.41, 5.74) is 1.41. The molecule has 0 amide bonds. The van der Waals surface area contributed by atoms with E-state index in [0.29, 0.717) is 10.5 Å². The Kier molecular flexibility index (Phi) is 4.19. The molecule has 0 saturated carbocycles. The number of thiol groups is 1. The molecule has 0 radical (unpaired) electrons. The highest BCUT2D eigenvalue weighted by molar-refractivity contribution is 7.80. The van der Waals surface area contributed by atoms with Gasteiger partial charge in [-0.3, -0.25) is 4.79 Å². The molecule has 1 atom stereocenters. The van der Waals surface area contributed by atoms with Crippen LogP contribution >= 0.6 is 24.2 Å². The van der Waals surface area contributed by atoms with Crippen molar-refractivity contribution in [3.05, 3.63) is 29.3 Å². The predicted octanol–water partition coefficient (Wildman–Crippen LogP) is 2.91. The Morgan fingerprint density at radius 3 is 2.87 bits per heavy atom. The van der Waals surface area contributed by atoms with Crippen LogP contribution in [0.3, 0.4) is 0 Å². The van der Waals surface area contributed by atoms with Crippen LogP contribution in [0.25, 0.3) is 0 Å². The van der Waals surface area contributed by atoms with E-state index in [1.807, 2.05) is 6.07 Å². The summed E-state index contributed by atoms with van der Waals surface area (Å²) in [7, 11) is 0. The number of benzene rings is 1. The molecule has 78 valence electrons. The molecule has 0 fully saturated rings. The van der Waals surface area contributed by atoms with Crippen molar-refractivity contribution in [3.8, 4) is 6.07 Å². The Balaban J connectivity index is 3.25. The standard InChI is InChI=1S/C11H10ClNOS/c1-7(14)11(12)10-8(5-6-13)3-2-4-9(10)15/h2-4,11,15H,5H2,1H3. The monoisotopic (exact) mass is 239 g/mol. The first-order chi connectivity index (χ1) is 7.07. The Hall–Kier alpha value is -0.980. The largest absolute Gasteiger partial charge is 0.298 e. The third-order valence-corrected chi connectivity index (χ3v) is 2.97. The van der Waals surface area contributed by atoms with Gasteiger partial charge in [-0.2, -0.15) is 5.26 Å². The Morgan fingerprint density at radius 2 is 2.33 bits per heavy atom. The fourth-order valence-electron chi connectivity index (χ4n) is 1.33. The number of hydrogen-bond donors (Lipinski definition) is 1. The second-order valence-electron chi connectivity index (χ2n) is 3.16. The molecule has 0 aliphatic rings. The summed E-state index contributed by atoms with van der Waals surface area (Å²) in [6.45, 7) is 1.42. The fourth-order valence-corrected chi connectivity index (χ4v) is 2.03. The summed E-state index contributed by atoms with van der Waals surface area (Å²) >= 11 is 10.2. The van der Waals surface area contributed by atoms with Crippen molar-refractivity contribution in [1.82, 2.24) is 0 Å². The molecule has 1 aromatic rings. The predicted molar refractivity (Wildman–Crippen MR) is 62.3 cm³/mol. The van der Waals surface area contributed by atoms with Crippen molar-refractivity contribution >= 4 is 30.0 Å². The summed E-state index contributed by atoms with van der Waals surface area (Å²) in [6.07, 6.45) is 0.236. The highest BCUT2D eigenvalue weighted by Crippen LogP contribution is 2.30. The zero-order valence-corrected chi connectivity index (χ0v) is 9.85. The summed E-state index contributed by atoms with van der Waals surface area (Å²) in [5, 5.41) is 7.93. The first-order valence-corrected chi connectivity index (χ1v) is 5.28. The summed E-state index contributed by atoms with van der Waals surface area (Å²) in [6, 6.07) is 7.39. The minimum atomic E-state index is -0.720. The molecule has 0 heterocycles. The molecular formula is C11H10ClNOS. The molecule has 1 rings (SSSR count). The average molecular weight is 240 g/mol. The van der Waals surface area contributed by atoms with Gasteiger partial charge in [-0.25, -0.2) is 0 Å². The number of ketones is 1. The highest BCUT2D eigenvalue weighted by Gasteiger charge is 2.19. The van der Waals surface area contributed by atoms with E-state index in [9.17, 15) is 4.79 Å². The maximum atomic E-state index is 11.2. The molecule has 0 aliphatic heterocycles. The number of halogens is 1. The van der Waals surface area contributed by atoms with Crippen molar-refractivity contribution in [2.24, 2.45) is 0 Å². The van der Waals surface area contributed by atoms with Gasteiger partial charge in [0, 0.05) is 4.90 Å². The number of Topliss-reactive ketones (excluding diaryl/α,β-unsaturated/α-hetero) is 1. The summed E-state index contributed by atoms with van der Waals surface area (Å²) in [5.74, 6) is -0.141. The van der Waals surface area contributed by atoms with Gasteiger partial charge in [-0.1, -0.05) is 12.1 Å². The first-order valence-electron chi connectivity index (χ1n) is 4.40. The number of carbonyl (C=O) groups excluding carboxylic acids is 1. The van der Waals surface area contributed by atoms with Crippen LogP contribution in [-0.2, 0) is 11.2 Å². The molecule has 0 saturated heterocycles. The molecule has 0 spiro atoms. The molecule has 15 heavy (non-hydrogen) atoms. The second-order valence-corrected chi connectivity index (χ2v) is 4.08. The van der Waals surface area contributed by atoms with Crippen molar-refractivity contribution in [3.63, 3.8) is 0 Å². The van der Waals surface area contributed by atoms with Crippen molar-refractivity contribution in [1.29, 1.82) is 5.26 Å². The maximum absolute atomic E-state index is 11.2. The van der Waals surface area contributed by atoms with Crippen LogP contribution < -0.4 is 0 Å². The molecule has 0 N–H and O–H groups in total. The molecule has 2 nitrogen and oxygen atoms in total. The van der Waals surface area contributed by atoms with Gasteiger partial charge in [0.25, 0.3) is 0 Å². The van der Waals surface area contributed by atoms with E-state index in [1.165, 1.54) is 6.92 Å². The van der Waals surface area contributed by atoms with Gasteiger partial charge < -0.3 is 0 Å². The van der Waals surface area contributed by atoms with Crippen LogP contribution in [0.4, 0.5) is 0 Å². The lowest BCUT2D eigenvalue weighted by atomic mass is 10.0. The van der Waals surface area contributed by atoms with Gasteiger partial charge in [0.05, 0.1) is 12.5 Å². The van der Waals surface area contributed by atoms with E-state index in [0.717, 1.165) is 5.56 Å². The number of alkyl halides is 1. The second kappa shape index (κ2) is 5.20. The van der Waals surface area contributed by atoms with Gasteiger partial charge in [0.15, 0.2) is 5.78 Å². The van der Waals surface area contributed by atoms with Crippen molar-refractivity contribution in [2.75, 3.05) is 0 Å². The van der Waals surface area contributed by atoms with Gasteiger partial charge in [0.1, 0.15) is 5.38 Å². The number of nitriles is 1. The summed E-state index contributed by atoms with van der Waals surface area (Å²) in [4.78, 5) is 11.9. The van der Waals surface area contributed by atoms with E-state index < -0.39 is 5.38 Å². The Bertz CT molecular complexity index is 425. The number of rotatable bonds is 3. The molecule has 0 bridgehead atoms. The van der Waals surface area contributed by atoms with Crippen LogP contribution in [0.15, 0.2) is 23.1 Å². The molecule has 4 heteroatoms. The molecule has 0 aliphatic carbocycles. The van der Waals surface area contributed by atoms with Crippen LogP contribution in [0.1, 0.15) is 23.4 Å². The number of hydrogen-bond acceptors (Lipinski definition) is 3. The van der Waals surface area contributed by atoms with Gasteiger partial charge in [0.2, 0.25) is 0 Å². The molecular weight excluding hydrogens is 230 g/mol. The van der Waals surface area contributed by atoms with E-state index in [1.54, 1.807) is 18.2 Å².